The van der Waals surface area contributed by atoms with Gasteiger partial charge < -0.3 is 15.7 Å². The lowest BCUT2D eigenvalue weighted by Gasteiger charge is -2.30. The predicted octanol–water partition coefficient (Wildman–Crippen LogP) is 2.85. The van der Waals surface area contributed by atoms with Crippen LogP contribution in [0.25, 0.3) is 11.3 Å². The molecule has 3 N–H and O–H groups in total. The smallest absolute Gasteiger partial charge is 0.252 e. The van der Waals surface area contributed by atoms with Gasteiger partial charge in [0.15, 0.2) is 5.13 Å². The maximum atomic E-state index is 11.3. The van der Waals surface area contributed by atoms with Crippen LogP contribution in [-0.4, -0.2) is 29.1 Å². The van der Waals surface area contributed by atoms with Gasteiger partial charge in [-0.2, -0.15) is 0 Å². The standard InChI is InChI=1S/C16H19N3O2S/c1-10-3-2-6-19(8-10)16-18-13(9-22-16)11-4-5-14(20)12(7-11)15(17)21/h4-5,7,9-10,20H,2-3,6,8H2,1H3,(H2,17,21). The summed E-state index contributed by atoms with van der Waals surface area (Å²) in [6.45, 7) is 4.34. The number of hydrogen-bond donors (Lipinski definition) is 2. The molecule has 116 valence electrons. The third-order valence-corrected chi connectivity index (χ3v) is 4.88. The number of aromatic hydroxyl groups is 1. The quantitative estimate of drug-likeness (QED) is 0.912. The largest absolute Gasteiger partial charge is 0.507 e. The number of carbonyl (C=O) groups excluding carboxylic acids is 1. The van der Waals surface area contributed by atoms with Crippen molar-refractivity contribution in [2.45, 2.75) is 19.8 Å². The molecule has 0 spiro atoms. The Hall–Kier alpha value is -2.08. The summed E-state index contributed by atoms with van der Waals surface area (Å²) in [5.41, 5.74) is 6.99. The van der Waals surface area contributed by atoms with E-state index in [0.29, 0.717) is 5.92 Å². The van der Waals surface area contributed by atoms with Gasteiger partial charge in [-0.1, -0.05) is 6.92 Å². The van der Waals surface area contributed by atoms with E-state index >= 15 is 0 Å². The highest BCUT2D eigenvalue weighted by Gasteiger charge is 2.19. The minimum Gasteiger partial charge on any atom is -0.507 e. The van der Waals surface area contributed by atoms with Crippen molar-refractivity contribution in [3.63, 3.8) is 0 Å². The van der Waals surface area contributed by atoms with Crippen molar-refractivity contribution < 1.29 is 9.90 Å². The molecule has 1 unspecified atom stereocenters. The zero-order valence-electron chi connectivity index (χ0n) is 12.5. The third kappa shape index (κ3) is 2.92. The lowest BCUT2D eigenvalue weighted by Crippen LogP contribution is -2.34. The molecule has 0 saturated carbocycles. The number of anilines is 1. The van der Waals surface area contributed by atoms with Crippen LogP contribution in [0.5, 0.6) is 5.75 Å². The van der Waals surface area contributed by atoms with Crippen LogP contribution in [0.15, 0.2) is 23.6 Å². The molecule has 2 aromatic rings. The van der Waals surface area contributed by atoms with Crippen molar-refractivity contribution in [2.75, 3.05) is 18.0 Å². The number of nitrogens with zero attached hydrogens (tertiary/aromatic N) is 2. The average molecular weight is 317 g/mol. The van der Waals surface area contributed by atoms with Crippen LogP contribution in [0.1, 0.15) is 30.1 Å². The van der Waals surface area contributed by atoms with Crippen LogP contribution in [0.4, 0.5) is 5.13 Å². The van der Waals surface area contributed by atoms with Crippen LogP contribution in [0.2, 0.25) is 0 Å². The van der Waals surface area contributed by atoms with Crippen molar-refractivity contribution >= 4 is 22.4 Å². The monoisotopic (exact) mass is 317 g/mol. The van der Waals surface area contributed by atoms with Crippen molar-refractivity contribution in [3.8, 4) is 17.0 Å². The number of benzene rings is 1. The number of aromatic nitrogens is 1. The van der Waals surface area contributed by atoms with Crippen molar-refractivity contribution in [1.29, 1.82) is 0 Å². The third-order valence-electron chi connectivity index (χ3n) is 3.98. The fourth-order valence-electron chi connectivity index (χ4n) is 2.80. The highest BCUT2D eigenvalue weighted by Crippen LogP contribution is 2.32. The molecule has 1 fully saturated rings. The molecule has 3 rings (SSSR count). The highest BCUT2D eigenvalue weighted by atomic mass is 32.1. The second-order valence-corrected chi connectivity index (χ2v) is 6.64. The van der Waals surface area contributed by atoms with E-state index in [2.05, 4.69) is 16.8 Å². The van der Waals surface area contributed by atoms with Gasteiger partial charge in [0.2, 0.25) is 0 Å². The molecule has 6 heteroatoms. The second-order valence-electron chi connectivity index (χ2n) is 5.80. The first-order chi connectivity index (χ1) is 10.5. The van der Waals surface area contributed by atoms with E-state index in [0.717, 1.165) is 29.5 Å². The zero-order valence-corrected chi connectivity index (χ0v) is 13.3. The Labute approximate surface area is 133 Å². The van der Waals surface area contributed by atoms with E-state index in [-0.39, 0.29) is 11.3 Å². The Kier molecular flexibility index (Phi) is 4.02. The van der Waals surface area contributed by atoms with E-state index in [1.54, 1.807) is 23.5 Å². The summed E-state index contributed by atoms with van der Waals surface area (Å²) < 4.78 is 0. The Morgan fingerprint density at radius 1 is 1.50 bits per heavy atom. The fourth-order valence-corrected chi connectivity index (χ4v) is 3.67. The molecule has 1 amide bonds. The fraction of sp³-hybridized carbons (Fsp3) is 0.375. The van der Waals surface area contributed by atoms with E-state index in [1.165, 1.54) is 18.9 Å². The van der Waals surface area contributed by atoms with Gasteiger partial charge in [-0.25, -0.2) is 4.98 Å². The van der Waals surface area contributed by atoms with Crippen LogP contribution in [-0.2, 0) is 0 Å². The zero-order chi connectivity index (χ0) is 15.7. The van der Waals surface area contributed by atoms with Gasteiger partial charge in [-0.05, 0) is 37.0 Å². The number of amides is 1. The summed E-state index contributed by atoms with van der Waals surface area (Å²) in [6, 6.07) is 4.83. The van der Waals surface area contributed by atoms with E-state index < -0.39 is 5.91 Å². The summed E-state index contributed by atoms with van der Waals surface area (Å²) in [7, 11) is 0. The van der Waals surface area contributed by atoms with E-state index in [4.69, 9.17) is 5.73 Å². The number of rotatable bonds is 3. The van der Waals surface area contributed by atoms with Gasteiger partial charge in [0.25, 0.3) is 5.91 Å². The Balaban J connectivity index is 1.87. The maximum Gasteiger partial charge on any atom is 0.252 e. The lowest BCUT2D eigenvalue weighted by molar-refractivity contribution is 0.0998. The first-order valence-corrected chi connectivity index (χ1v) is 8.26. The number of hydrogen-bond acceptors (Lipinski definition) is 5. The Bertz CT molecular complexity index is 698. The second kappa shape index (κ2) is 5.96. The van der Waals surface area contributed by atoms with Gasteiger partial charge in [0, 0.05) is 24.0 Å². The molecule has 1 aliphatic heterocycles. The molecule has 0 bridgehead atoms. The maximum absolute atomic E-state index is 11.3. The molecular formula is C16H19N3O2S. The molecule has 0 radical (unpaired) electrons. The minimum atomic E-state index is -0.639. The SMILES string of the molecule is CC1CCCN(c2nc(-c3ccc(O)c(C(N)=O)c3)cs2)C1. The van der Waals surface area contributed by atoms with Crippen LogP contribution in [0.3, 0.4) is 0 Å². The highest BCUT2D eigenvalue weighted by molar-refractivity contribution is 7.14. The molecule has 1 aliphatic rings. The van der Waals surface area contributed by atoms with Gasteiger partial charge in [0.05, 0.1) is 11.3 Å². The molecule has 1 atom stereocenters. The van der Waals surface area contributed by atoms with Gasteiger partial charge in [-0.3, -0.25) is 4.79 Å². The van der Waals surface area contributed by atoms with E-state index in [9.17, 15) is 9.90 Å². The van der Waals surface area contributed by atoms with Crippen LogP contribution < -0.4 is 10.6 Å². The Morgan fingerprint density at radius 2 is 2.32 bits per heavy atom. The molecule has 22 heavy (non-hydrogen) atoms. The number of nitrogens with two attached hydrogens (primary N) is 1. The number of thiazole rings is 1. The van der Waals surface area contributed by atoms with Crippen LogP contribution >= 0.6 is 11.3 Å². The minimum absolute atomic E-state index is 0.100. The molecule has 0 aliphatic carbocycles. The lowest BCUT2D eigenvalue weighted by atomic mass is 10.0. The summed E-state index contributed by atoms with van der Waals surface area (Å²) in [6.07, 6.45) is 2.47. The molecular weight excluding hydrogens is 298 g/mol. The average Bonchev–Trinajstić information content (AvgIpc) is 2.97. The molecule has 1 aromatic heterocycles. The van der Waals surface area contributed by atoms with Crippen LogP contribution in [0, 0.1) is 5.92 Å². The summed E-state index contributed by atoms with van der Waals surface area (Å²) in [5, 5.41) is 12.7. The predicted molar refractivity (Wildman–Crippen MR) is 88.3 cm³/mol. The first-order valence-electron chi connectivity index (χ1n) is 7.38. The van der Waals surface area contributed by atoms with Crippen molar-refractivity contribution in [3.05, 3.63) is 29.1 Å². The van der Waals surface area contributed by atoms with E-state index in [1.807, 2.05) is 5.38 Å². The number of primary amides is 1. The topological polar surface area (TPSA) is 79.4 Å². The van der Waals surface area contributed by atoms with Gasteiger partial charge in [-0.15, -0.1) is 11.3 Å². The number of carbonyl (C=O) groups is 1. The Morgan fingerprint density at radius 3 is 3.05 bits per heavy atom. The summed E-state index contributed by atoms with van der Waals surface area (Å²) in [4.78, 5) is 18.3. The van der Waals surface area contributed by atoms with Crippen molar-refractivity contribution in [2.24, 2.45) is 11.7 Å². The molecule has 1 aromatic carbocycles. The normalized spacial score (nSPS) is 18.4. The summed E-state index contributed by atoms with van der Waals surface area (Å²) >= 11 is 1.61. The first kappa shape index (κ1) is 14.8. The molecule has 1 saturated heterocycles. The van der Waals surface area contributed by atoms with Gasteiger partial charge in [0.1, 0.15) is 5.75 Å². The number of phenols is 1. The molecule has 2 heterocycles. The van der Waals surface area contributed by atoms with Crippen molar-refractivity contribution in [1.82, 2.24) is 4.98 Å². The number of piperidine rings is 1. The van der Waals surface area contributed by atoms with Gasteiger partial charge >= 0.3 is 0 Å². The molecule has 5 nitrogen and oxygen atoms in total. The summed E-state index contributed by atoms with van der Waals surface area (Å²) in [5.74, 6) is -0.0487.